The van der Waals surface area contributed by atoms with Crippen LogP contribution >= 0.6 is 11.6 Å². The van der Waals surface area contributed by atoms with E-state index in [1.165, 1.54) is 38.3 Å². The maximum Gasteiger partial charge on any atom is 0.328 e. The van der Waals surface area contributed by atoms with Crippen molar-refractivity contribution in [1.29, 1.82) is 0 Å². The zero-order chi connectivity index (χ0) is 20.0. The predicted octanol–water partition coefficient (Wildman–Crippen LogP) is 3.03. The van der Waals surface area contributed by atoms with Gasteiger partial charge >= 0.3 is 5.97 Å². The van der Waals surface area contributed by atoms with E-state index in [0.29, 0.717) is 10.6 Å². The molecule has 0 bridgehead atoms. The number of benzene rings is 2. The first-order valence-electron chi connectivity index (χ1n) is 7.91. The largest absolute Gasteiger partial charge is 0.494 e. The van der Waals surface area contributed by atoms with E-state index in [0.717, 1.165) is 6.07 Å². The summed E-state index contributed by atoms with van der Waals surface area (Å²) in [5.74, 6) is -2.55. The van der Waals surface area contributed by atoms with Crippen molar-refractivity contribution in [2.75, 3.05) is 13.7 Å². The number of hydrogen-bond acceptors (Lipinski definition) is 5. The Morgan fingerprint density at radius 1 is 1.11 bits per heavy atom. The van der Waals surface area contributed by atoms with Crippen LogP contribution in [0.2, 0.25) is 5.02 Å². The van der Waals surface area contributed by atoms with Crippen LogP contribution in [-0.2, 0) is 9.53 Å². The second-order valence-corrected chi connectivity index (χ2v) is 6.02. The number of ether oxygens (including phenoxy) is 2. The van der Waals surface area contributed by atoms with Crippen molar-refractivity contribution in [2.45, 2.75) is 13.0 Å². The summed E-state index contributed by atoms with van der Waals surface area (Å²) < 4.78 is 23.3. The van der Waals surface area contributed by atoms with Crippen LogP contribution < -0.4 is 10.1 Å². The summed E-state index contributed by atoms with van der Waals surface area (Å²) in [6, 6.07) is 8.81. The third-order valence-electron chi connectivity index (χ3n) is 3.63. The molecule has 2 aromatic rings. The lowest BCUT2D eigenvalue weighted by molar-refractivity contribution is -0.144. The fraction of sp³-hybridized carbons (Fsp3) is 0.211. The van der Waals surface area contributed by atoms with Gasteiger partial charge in [-0.2, -0.15) is 0 Å². The number of hydrogen-bond donors (Lipinski definition) is 1. The third kappa shape index (κ3) is 5.52. The van der Waals surface area contributed by atoms with E-state index >= 15 is 0 Å². The van der Waals surface area contributed by atoms with E-state index < -0.39 is 36.1 Å². The van der Waals surface area contributed by atoms with Gasteiger partial charge in [0.2, 0.25) is 0 Å². The van der Waals surface area contributed by atoms with Crippen LogP contribution in [0.25, 0.3) is 0 Å². The highest BCUT2D eigenvalue weighted by Crippen LogP contribution is 2.18. The molecule has 2 rings (SSSR count). The van der Waals surface area contributed by atoms with Crippen molar-refractivity contribution in [3.63, 3.8) is 0 Å². The van der Waals surface area contributed by atoms with E-state index in [9.17, 15) is 18.8 Å². The molecule has 142 valence electrons. The number of esters is 1. The second kappa shape index (κ2) is 9.14. The highest BCUT2D eigenvalue weighted by atomic mass is 35.5. The Balaban J connectivity index is 1.88. The highest BCUT2D eigenvalue weighted by molar-refractivity contribution is 6.30. The first-order valence-corrected chi connectivity index (χ1v) is 8.29. The average Bonchev–Trinajstić information content (AvgIpc) is 2.66. The van der Waals surface area contributed by atoms with E-state index in [-0.39, 0.29) is 11.3 Å². The van der Waals surface area contributed by atoms with Crippen LogP contribution in [0.15, 0.2) is 42.5 Å². The number of rotatable bonds is 7. The fourth-order valence-electron chi connectivity index (χ4n) is 2.12. The van der Waals surface area contributed by atoms with Gasteiger partial charge in [-0.25, -0.2) is 9.18 Å². The Morgan fingerprint density at radius 3 is 2.33 bits per heavy atom. The summed E-state index contributed by atoms with van der Waals surface area (Å²) in [5, 5.41) is 2.94. The van der Waals surface area contributed by atoms with Crippen LogP contribution in [0.5, 0.6) is 5.75 Å². The summed E-state index contributed by atoms with van der Waals surface area (Å²) in [6.07, 6.45) is 0. The standard InChI is InChI=1S/C19H17ClFNO5/c1-11(22-18(24)12-3-6-14(20)7-4-12)19(25)27-10-16(23)13-5-8-17(26-2)15(21)9-13/h3-9,11H,10H2,1-2H3,(H,22,24)/t11-/m0/s1. The van der Waals surface area contributed by atoms with Gasteiger partial charge in [-0.15, -0.1) is 0 Å². The Labute approximate surface area is 160 Å². The molecule has 1 amide bonds. The SMILES string of the molecule is COc1ccc(C(=O)COC(=O)[C@H](C)NC(=O)c2ccc(Cl)cc2)cc1F. The maximum absolute atomic E-state index is 13.6. The third-order valence-corrected chi connectivity index (χ3v) is 3.88. The van der Waals surface area contributed by atoms with Gasteiger partial charge in [0, 0.05) is 16.1 Å². The summed E-state index contributed by atoms with van der Waals surface area (Å²) in [4.78, 5) is 36.0. The van der Waals surface area contributed by atoms with Gasteiger partial charge in [0.25, 0.3) is 5.91 Å². The van der Waals surface area contributed by atoms with Gasteiger partial charge in [0.15, 0.2) is 24.0 Å². The zero-order valence-corrected chi connectivity index (χ0v) is 15.4. The number of carbonyl (C=O) groups excluding carboxylic acids is 3. The Bertz CT molecular complexity index is 854. The normalized spacial score (nSPS) is 11.4. The minimum absolute atomic E-state index is 0.00192. The van der Waals surface area contributed by atoms with Crippen molar-refractivity contribution in [1.82, 2.24) is 5.32 Å². The molecule has 0 radical (unpaired) electrons. The lowest BCUT2D eigenvalue weighted by atomic mass is 10.1. The molecule has 27 heavy (non-hydrogen) atoms. The summed E-state index contributed by atoms with van der Waals surface area (Å²) in [6.45, 7) is 0.847. The minimum atomic E-state index is -0.978. The first-order chi connectivity index (χ1) is 12.8. The molecule has 0 aliphatic heterocycles. The molecule has 0 unspecified atom stereocenters. The van der Waals surface area contributed by atoms with Crippen molar-refractivity contribution >= 4 is 29.3 Å². The molecule has 1 atom stereocenters. The molecular weight excluding hydrogens is 377 g/mol. The molecule has 1 N–H and O–H groups in total. The van der Waals surface area contributed by atoms with E-state index in [4.69, 9.17) is 21.1 Å². The molecule has 6 nitrogen and oxygen atoms in total. The predicted molar refractivity (Wildman–Crippen MR) is 96.6 cm³/mol. The van der Waals surface area contributed by atoms with E-state index in [1.807, 2.05) is 0 Å². The number of methoxy groups -OCH3 is 1. The summed E-state index contributed by atoms with van der Waals surface area (Å²) in [5.41, 5.74) is 0.364. The molecule has 0 saturated carbocycles. The average molecular weight is 394 g/mol. The number of nitrogens with one attached hydrogen (secondary N) is 1. The first kappa shape index (κ1) is 20.4. The monoisotopic (exact) mass is 393 g/mol. The Hall–Kier alpha value is -2.93. The summed E-state index contributed by atoms with van der Waals surface area (Å²) in [7, 11) is 1.31. The Morgan fingerprint density at radius 2 is 1.74 bits per heavy atom. The lowest BCUT2D eigenvalue weighted by Crippen LogP contribution is -2.40. The molecule has 8 heteroatoms. The quantitative estimate of drug-likeness (QED) is 0.577. The molecule has 0 aliphatic rings. The molecule has 0 aliphatic carbocycles. The maximum atomic E-state index is 13.6. The van der Waals surface area contributed by atoms with Crippen molar-refractivity contribution in [3.05, 3.63) is 64.4 Å². The van der Waals surface area contributed by atoms with Gasteiger partial charge < -0.3 is 14.8 Å². The molecule has 0 aromatic heterocycles. The fourth-order valence-corrected chi connectivity index (χ4v) is 2.25. The van der Waals surface area contributed by atoms with E-state index in [2.05, 4.69) is 5.32 Å². The summed E-state index contributed by atoms with van der Waals surface area (Å²) >= 11 is 5.75. The molecule has 0 saturated heterocycles. The van der Waals surface area contributed by atoms with Crippen LogP contribution in [0.1, 0.15) is 27.6 Å². The zero-order valence-electron chi connectivity index (χ0n) is 14.6. The lowest BCUT2D eigenvalue weighted by Gasteiger charge is -2.13. The number of carbonyl (C=O) groups is 3. The van der Waals surface area contributed by atoms with Crippen molar-refractivity contribution in [2.24, 2.45) is 0 Å². The van der Waals surface area contributed by atoms with Gasteiger partial charge in [0.05, 0.1) is 7.11 Å². The highest BCUT2D eigenvalue weighted by Gasteiger charge is 2.20. The van der Waals surface area contributed by atoms with Crippen LogP contribution in [0, 0.1) is 5.82 Å². The van der Waals surface area contributed by atoms with Gasteiger partial charge in [0.1, 0.15) is 6.04 Å². The number of Topliss-reactive ketones (excluding diaryl/α,β-unsaturated/α-hetero) is 1. The van der Waals surface area contributed by atoms with Gasteiger partial charge in [-0.1, -0.05) is 11.6 Å². The molecule has 0 heterocycles. The molecule has 0 fully saturated rings. The van der Waals surface area contributed by atoms with E-state index in [1.54, 1.807) is 12.1 Å². The van der Waals surface area contributed by atoms with Crippen LogP contribution in [0.4, 0.5) is 4.39 Å². The smallest absolute Gasteiger partial charge is 0.328 e. The number of amides is 1. The topological polar surface area (TPSA) is 81.7 Å². The van der Waals surface area contributed by atoms with Crippen molar-refractivity contribution in [3.8, 4) is 5.75 Å². The van der Waals surface area contributed by atoms with Crippen LogP contribution in [0.3, 0.4) is 0 Å². The number of halogens is 2. The molecule has 0 spiro atoms. The molecular formula is C19H17ClFNO5. The Kier molecular flexibility index (Phi) is 6.90. The number of ketones is 1. The van der Waals surface area contributed by atoms with Gasteiger partial charge in [-0.3, -0.25) is 9.59 Å². The van der Waals surface area contributed by atoms with Crippen LogP contribution in [-0.4, -0.2) is 37.4 Å². The van der Waals surface area contributed by atoms with Crippen molar-refractivity contribution < 1.29 is 28.2 Å². The second-order valence-electron chi connectivity index (χ2n) is 5.58. The minimum Gasteiger partial charge on any atom is -0.494 e. The molecule has 2 aromatic carbocycles. The van der Waals surface area contributed by atoms with Gasteiger partial charge in [-0.05, 0) is 49.4 Å².